The van der Waals surface area contributed by atoms with E-state index in [1.807, 2.05) is 78.9 Å². The molecule has 0 radical (unpaired) electrons. The number of hydrogen-bond acceptors (Lipinski definition) is 4. The topological polar surface area (TPSA) is 67.9 Å². The van der Waals surface area contributed by atoms with Gasteiger partial charge < -0.3 is 10.5 Å². The lowest BCUT2D eigenvalue weighted by Gasteiger charge is -2.24. The molecule has 134 valence electrons. The predicted molar refractivity (Wildman–Crippen MR) is 107 cm³/mol. The smallest absolute Gasteiger partial charge is 0.270 e. The van der Waals surface area contributed by atoms with Gasteiger partial charge in [-0.1, -0.05) is 36.4 Å². The molecule has 1 heterocycles. The Morgan fingerprint density at radius 3 is 2.30 bits per heavy atom. The van der Waals surface area contributed by atoms with Crippen LogP contribution in [0.5, 0.6) is 5.75 Å². The third-order valence-electron chi connectivity index (χ3n) is 4.52. The van der Waals surface area contributed by atoms with E-state index in [9.17, 15) is 4.79 Å². The summed E-state index contributed by atoms with van der Waals surface area (Å²) >= 11 is 0. The number of carbonyl (C=O) groups is 1. The van der Waals surface area contributed by atoms with E-state index in [0.717, 1.165) is 28.3 Å². The quantitative estimate of drug-likeness (QED) is 0.780. The Hall–Kier alpha value is -3.44. The number of amides is 1. The van der Waals surface area contributed by atoms with E-state index in [1.165, 1.54) is 0 Å². The van der Waals surface area contributed by atoms with Gasteiger partial charge in [0, 0.05) is 16.8 Å². The number of carbonyl (C=O) groups excluding carboxylic acids is 1. The van der Waals surface area contributed by atoms with Gasteiger partial charge in [0.2, 0.25) is 0 Å². The number of aliphatic imine (C=N–C) groups is 1. The first kappa shape index (κ1) is 17.0. The van der Waals surface area contributed by atoms with Gasteiger partial charge in [-0.15, -0.1) is 0 Å². The second kappa shape index (κ2) is 7.05. The van der Waals surface area contributed by atoms with Crippen LogP contribution in [0.2, 0.25) is 0 Å². The average molecular weight is 357 g/mol. The van der Waals surface area contributed by atoms with Crippen molar-refractivity contribution >= 4 is 23.0 Å². The zero-order chi connectivity index (χ0) is 18.8. The van der Waals surface area contributed by atoms with Gasteiger partial charge >= 0.3 is 0 Å². The van der Waals surface area contributed by atoms with Crippen molar-refractivity contribution in [2.45, 2.75) is 6.17 Å². The molecular weight excluding hydrogens is 338 g/mol. The number of para-hydroxylation sites is 2. The second-order valence-corrected chi connectivity index (χ2v) is 6.18. The molecule has 0 fully saturated rings. The highest BCUT2D eigenvalue weighted by atomic mass is 16.5. The van der Waals surface area contributed by atoms with Gasteiger partial charge in [0.1, 0.15) is 5.75 Å². The molecule has 1 aliphatic heterocycles. The number of anilines is 2. The van der Waals surface area contributed by atoms with Crippen molar-refractivity contribution in [3.63, 3.8) is 0 Å². The molecule has 5 nitrogen and oxygen atoms in total. The molecule has 0 aromatic heterocycles. The van der Waals surface area contributed by atoms with Gasteiger partial charge in [0.15, 0.2) is 6.17 Å². The highest BCUT2D eigenvalue weighted by Crippen LogP contribution is 2.33. The van der Waals surface area contributed by atoms with Crippen LogP contribution in [-0.4, -0.2) is 24.9 Å². The number of nitrogens with two attached hydrogens (primary N) is 1. The molecule has 0 bridgehead atoms. The van der Waals surface area contributed by atoms with Crippen molar-refractivity contribution in [3.05, 3.63) is 90.0 Å². The van der Waals surface area contributed by atoms with Crippen molar-refractivity contribution in [2.24, 2.45) is 10.7 Å². The first-order chi connectivity index (χ1) is 13.2. The average Bonchev–Trinajstić information content (AvgIpc) is 2.83. The second-order valence-electron chi connectivity index (χ2n) is 6.18. The number of benzene rings is 3. The standard InChI is InChI=1S/C22H19N3O2/c1-27-17-13-11-15(12-14-17)20-18-9-5-6-10-19(18)25(22(26)21(23)24-20)16-7-3-2-4-8-16/h2-14,21H,23H2,1H3. The number of fused-ring (bicyclic) bond motifs is 1. The minimum Gasteiger partial charge on any atom is -0.497 e. The molecule has 27 heavy (non-hydrogen) atoms. The highest BCUT2D eigenvalue weighted by molar-refractivity contribution is 6.21. The van der Waals surface area contributed by atoms with Crippen LogP contribution in [0.4, 0.5) is 11.4 Å². The summed E-state index contributed by atoms with van der Waals surface area (Å²) in [4.78, 5) is 19.3. The van der Waals surface area contributed by atoms with Gasteiger partial charge in [0.05, 0.1) is 18.5 Å². The lowest BCUT2D eigenvalue weighted by molar-refractivity contribution is -0.118. The number of hydrogen-bond donors (Lipinski definition) is 1. The normalized spacial score (nSPS) is 16.4. The Kier molecular flexibility index (Phi) is 4.44. The number of benzodiazepines with no additional fused rings is 1. The SMILES string of the molecule is COc1ccc(C2=NC(N)C(=O)N(c3ccccc3)c3ccccc32)cc1. The van der Waals surface area contributed by atoms with E-state index in [4.69, 9.17) is 10.5 Å². The molecule has 2 N–H and O–H groups in total. The predicted octanol–water partition coefficient (Wildman–Crippen LogP) is 3.50. The first-order valence-electron chi connectivity index (χ1n) is 8.65. The molecule has 3 aromatic carbocycles. The van der Waals surface area contributed by atoms with E-state index in [1.54, 1.807) is 12.0 Å². The summed E-state index contributed by atoms with van der Waals surface area (Å²) in [5.41, 5.74) is 10.1. The van der Waals surface area contributed by atoms with Crippen LogP contribution in [-0.2, 0) is 4.79 Å². The molecule has 5 heteroatoms. The molecule has 1 atom stereocenters. The Balaban J connectivity index is 1.90. The summed E-state index contributed by atoms with van der Waals surface area (Å²) in [6.07, 6.45) is -0.991. The van der Waals surface area contributed by atoms with Crippen LogP contribution in [0.25, 0.3) is 0 Å². The van der Waals surface area contributed by atoms with Gasteiger partial charge in [0.25, 0.3) is 5.91 Å². The molecule has 1 amide bonds. The fourth-order valence-corrected chi connectivity index (χ4v) is 3.21. The van der Waals surface area contributed by atoms with Crippen molar-refractivity contribution in [1.29, 1.82) is 0 Å². The number of ether oxygens (including phenoxy) is 1. The number of nitrogens with zero attached hydrogens (tertiary/aromatic N) is 2. The summed E-state index contributed by atoms with van der Waals surface area (Å²) in [6, 6.07) is 24.8. The van der Waals surface area contributed by atoms with Crippen molar-refractivity contribution in [3.8, 4) is 5.75 Å². The van der Waals surface area contributed by atoms with E-state index < -0.39 is 6.17 Å². The molecule has 0 aliphatic carbocycles. The van der Waals surface area contributed by atoms with Crippen molar-refractivity contribution < 1.29 is 9.53 Å². The number of rotatable bonds is 3. The molecule has 1 aliphatic rings. The molecule has 1 unspecified atom stereocenters. The molecule has 3 aromatic rings. The summed E-state index contributed by atoms with van der Waals surface area (Å²) in [5.74, 6) is 0.490. The minimum absolute atomic E-state index is 0.267. The maximum absolute atomic E-state index is 13.1. The summed E-state index contributed by atoms with van der Waals surface area (Å²) in [6.45, 7) is 0. The largest absolute Gasteiger partial charge is 0.497 e. The maximum atomic E-state index is 13.1. The Morgan fingerprint density at radius 2 is 1.59 bits per heavy atom. The molecule has 0 saturated heterocycles. The Bertz CT molecular complexity index is 998. The summed E-state index contributed by atoms with van der Waals surface area (Å²) in [5, 5.41) is 0. The van der Waals surface area contributed by atoms with E-state index >= 15 is 0 Å². The third-order valence-corrected chi connectivity index (χ3v) is 4.52. The van der Waals surface area contributed by atoms with Crippen LogP contribution < -0.4 is 15.4 Å². The van der Waals surface area contributed by atoms with Crippen LogP contribution in [0, 0.1) is 0 Å². The van der Waals surface area contributed by atoms with Crippen LogP contribution >= 0.6 is 0 Å². The first-order valence-corrected chi connectivity index (χ1v) is 8.65. The zero-order valence-electron chi connectivity index (χ0n) is 14.9. The van der Waals surface area contributed by atoms with Gasteiger partial charge in [-0.25, -0.2) is 0 Å². The lowest BCUT2D eigenvalue weighted by atomic mass is 10.00. The minimum atomic E-state index is -0.991. The third kappa shape index (κ3) is 3.09. The van der Waals surface area contributed by atoms with E-state index in [0.29, 0.717) is 5.71 Å². The van der Waals surface area contributed by atoms with Gasteiger partial charge in [-0.2, -0.15) is 0 Å². The summed E-state index contributed by atoms with van der Waals surface area (Å²) in [7, 11) is 1.62. The van der Waals surface area contributed by atoms with E-state index in [2.05, 4.69) is 4.99 Å². The summed E-state index contributed by atoms with van der Waals surface area (Å²) < 4.78 is 5.24. The lowest BCUT2D eigenvalue weighted by Crippen LogP contribution is -2.39. The van der Waals surface area contributed by atoms with Crippen LogP contribution in [0.15, 0.2) is 83.9 Å². The Morgan fingerprint density at radius 1 is 0.926 bits per heavy atom. The fourth-order valence-electron chi connectivity index (χ4n) is 3.21. The van der Waals surface area contributed by atoms with E-state index in [-0.39, 0.29) is 5.91 Å². The fraction of sp³-hybridized carbons (Fsp3) is 0.0909. The van der Waals surface area contributed by atoms with Crippen LogP contribution in [0.3, 0.4) is 0 Å². The zero-order valence-corrected chi connectivity index (χ0v) is 14.9. The Labute approximate surface area is 157 Å². The van der Waals surface area contributed by atoms with Crippen molar-refractivity contribution in [2.75, 3.05) is 12.0 Å². The molecule has 0 spiro atoms. The highest BCUT2D eigenvalue weighted by Gasteiger charge is 2.30. The van der Waals surface area contributed by atoms with Gasteiger partial charge in [-0.3, -0.25) is 14.7 Å². The molecule has 0 saturated carbocycles. The van der Waals surface area contributed by atoms with Gasteiger partial charge in [-0.05, 0) is 42.5 Å². The molecule has 4 rings (SSSR count). The van der Waals surface area contributed by atoms with Crippen molar-refractivity contribution in [1.82, 2.24) is 0 Å². The monoisotopic (exact) mass is 357 g/mol. The van der Waals surface area contributed by atoms with Crippen LogP contribution in [0.1, 0.15) is 11.1 Å². The number of methoxy groups -OCH3 is 1. The maximum Gasteiger partial charge on any atom is 0.270 e. The molecular formula is C22H19N3O2.